The molecule has 1 atom stereocenters. The standard InChI is InChI=1S/C13H12N2O3S/c16-12(15-4-3-9(6-15)13(17)18)8-1-2-10-11(5-8)19-7-14-10/h1-2,5,7,9H,3-4,6H2,(H,17,18)/t9-/m1/s1. The lowest BCUT2D eigenvalue weighted by Gasteiger charge is -2.15. The van der Waals surface area contributed by atoms with E-state index in [1.54, 1.807) is 16.5 Å². The molecule has 0 saturated carbocycles. The zero-order valence-electron chi connectivity index (χ0n) is 10.1. The summed E-state index contributed by atoms with van der Waals surface area (Å²) in [6.07, 6.45) is 0.532. The maximum absolute atomic E-state index is 12.3. The van der Waals surface area contributed by atoms with Gasteiger partial charge in [0.25, 0.3) is 5.91 Å². The Hall–Kier alpha value is -1.95. The van der Waals surface area contributed by atoms with Crippen LogP contribution >= 0.6 is 11.3 Å². The molecule has 0 spiro atoms. The van der Waals surface area contributed by atoms with Crippen LogP contribution < -0.4 is 0 Å². The average Bonchev–Trinajstić information content (AvgIpc) is 3.06. The van der Waals surface area contributed by atoms with E-state index >= 15 is 0 Å². The minimum Gasteiger partial charge on any atom is -0.481 e. The molecule has 3 rings (SSSR count). The van der Waals surface area contributed by atoms with Gasteiger partial charge < -0.3 is 10.0 Å². The van der Waals surface area contributed by atoms with Crippen LogP contribution in [0.2, 0.25) is 0 Å². The van der Waals surface area contributed by atoms with Crippen molar-refractivity contribution in [2.75, 3.05) is 13.1 Å². The summed E-state index contributed by atoms with van der Waals surface area (Å²) in [5, 5.41) is 8.95. The van der Waals surface area contributed by atoms with Crippen LogP contribution in [0.4, 0.5) is 0 Å². The van der Waals surface area contributed by atoms with E-state index in [1.165, 1.54) is 11.3 Å². The quantitative estimate of drug-likeness (QED) is 0.908. The van der Waals surface area contributed by atoms with Crippen LogP contribution in [-0.2, 0) is 4.79 Å². The zero-order chi connectivity index (χ0) is 13.4. The molecule has 1 aromatic carbocycles. The van der Waals surface area contributed by atoms with Gasteiger partial charge in [-0.25, -0.2) is 4.98 Å². The third-order valence-corrected chi connectivity index (χ3v) is 4.19. The summed E-state index contributed by atoms with van der Waals surface area (Å²) in [7, 11) is 0. The van der Waals surface area contributed by atoms with E-state index in [0.717, 1.165) is 10.2 Å². The molecule has 2 heterocycles. The SMILES string of the molecule is O=C(O)[C@@H]1CCN(C(=O)c2ccc3ncsc3c2)C1. The van der Waals surface area contributed by atoms with E-state index in [1.807, 2.05) is 12.1 Å². The number of carboxylic acids is 1. The molecule has 1 N–H and O–H groups in total. The minimum atomic E-state index is -0.826. The summed E-state index contributed by atoms with van der Waals surface area (Å²) >= 11 is 1.49. The Morgan fingerprint density at radius 1 is 1.42 bits per heavy atom. The lowest BCUT2D eigenvalue weighted by molar-refractivity contribution is -0.141. The van der Waals surface area contributed by atoms with Gasteiger partial charge >= 0.3 is 5.97 Å². The van der Waals surface area contributed by atoms with Crippen LogP contribution in [0.25, 0.3) is 10.2 Å². The van der Waals surface area contributed by atoms with Crippen molar-refractivity contribution in [1.29, 1.82) is 0 Å². The number of aliphatic carboxylic acids is 1. The van der Waals surface area contributed by atoms with E-state index in [4.69, 9.17) is 5.11 Å². The Morgan fingerprint density at radius 3 is 3.00 bits per heavy atom. The molecule has 98 valence electrons. The first-order chi connectivity index (χ1) is 9.15. The summed E-state index contributed by atoms with van der Waals surface area (Å²) in [6, 6.07) is 5.39. The van der Waals surface area contributed by atoms with E-state index in [9.17, 15) is 9.59 Å². The maximum atomic E-state index is 12.3. The monoisotopic (exact) mass is 276 g/mol. The first kappa shape index (κ1) is 12.1. The molecule has 6 heteroatoms. The number of fused-ring (bicyclic) bond motifs is 1. The number of carbonyl (C=O) groups excluding carboxylic acids is 1. The molecule has 1 saturated heterocycles. The predicted octanol–water partition coefficient (Wildman–Crippen LogP) is 1.84. The van der Waals surface area contributed by atoms with Gasteiger partial charge in [-0.2, -0.15) is 0 Å². The first-order valence-corrected chi connectivity index (χ1v) is 6.88. The van der Waals surface area contributed by atoms with Crippen molar-refractivity contribution in [3.63, 3.8) is 0 Å². The first-order valence-electron chi connectivity index (χ1n) is 6.00. The Balaban J connectivity index is 1.82. The van der Waals surface area contributed by atoms with Crippen LogP contribution in [0.1, 0.15) is 16.8 Å². The highest BCUT2D eigenvalue weighted by Gasteiger charge is 2.31. The topological polar surface area (TPSA) is 70.5 Å². The summed E-state index contributed by atoms with van der Waals surface area (Å²) in [5.41, 5.74) is 3.23. The highest BCUT2D eigenvalue weighted by Crippen LogP contribution is 2.23. The normalized spacial score (nSPS) is 18.9. The highest BCUT2D eigenvalue weighted by atomic mass is 32.1. The lowest BCUT2D eigenvalue weighted by atomic mass is 10.1. The molecule has 2 aromatic rings. The summed E-state index contributed by atoms with van der Waals surface area (Å²) < 4.78 is 0.972. The zero-order valence-corrected chi connectivity index (χ0v) is 10.9. The van der Waals surface area contributed by atoms with Gasteiger partial charge in [-0.1, -0.05) is 0 Å². The van der Waals surface area contributed by atoms with E-state index in [-0.39, 0.29) is 5.91 Å². The largest absolute Gasteiger partial charge is 0.481 e. The number of aromatic nitrogens is 1. The van der Waals surface area contributed by atoms with Crippen LogP contribution in [0.5, 0.6) is 0 Å². The van der Waals surface area contributed by atoms with Crippen molar-refractivity contribution < 1.29 is 14.7 Å². The summed E-state index contributed by atoms with van der Waals surface area (Å²) in [4.78, 5) is 29.0. The fourth-order valence-electron chi connectivity index (χ4n) is 2.32. The van der Waals surface area contributed by atoms with Crippen LogP contribution in [-0.4, -0.2) is 40.0 Å². The van der Waals surface area contributed by atoms with Crippen molar-refractivity contribution in [2.45, 2.75) is 6.42 Å². The average molecular weight is 276 g/mol. The molecule has 5 nitrogen and oxygen atoms in total. The second-order valence-corrected chi connectivity index (χ2v) is 5.50. The maximum Gasteiger partial charge on any atom is 0.308 e. The van der Waals surface area contributed by atoms with Crippen LogP contribution in [0.15, 0.2) is 23.7 Å². The van der Waals surface area contributed by atoms with Crippen molar-refractivity contribution in [3.8, 4) is 0 Å². The lowest BCUT2D eigenvalue weighted by Crippen LogP contribution is -2.29. The van der Waals surface area contributed by atoms with Crippen LogP contribution in [0, 0.1) is 5.92 Å². The fraction of sp³-hybridized carbons (Fsp3) is 0.308. The molecule has 0 aliphatic carbocycles. The van der Waals surface area contributed by atoms with E-state index in [0.29, 0.717) is 25.1 Å². The number of nitrogens with zero attached hydrogens (tertiary/aromatic N) is 2. The van der Waals surface area contributed by atoms with Gasteiger partial charge in [-0.3, -0.25) is 9.59 Å². The van der Waals surface area contributed by atoms with Crippen molar-refractivity contribution in [3.05, 3.63) is 29.3 Å². The molecule has 1 fully saturated rings. The molecule has 1 aliphatic rings. The van der Waals surface area contributed by atoms with Gasteiger partial charge in [-0.15, -0.1) is 11.3 Å². The Labute approximate surface area is 113 Å². The smallest absolute Gasteiger partial charge is 0.308 e. The Morgan fingerprint density at radius 2 is 2.26 bits per heavy atom. The van der Waals surface area contributed by atoms with Gasteiger partial charge in [0.15, 0.2) is 0 Å². The Kier molecular flexibility index (Phi) is 2.94. The number of benzene rings is 1. The molecule has 0 unspecified atom stereocenters. The van der Waals surface area contributed by atoms with Gasteiger partial charge in [0.2, 0.25) is 0 Å². The Bertz CT molecular complexity index is 652. The molecule has 19 heavy (non-hydrogen) atoms. The number of hydrogen-bond acceptors (Lipinski definition) is 4. The van der Waals surface area contributed by atoms with Gasteiger partial charge in [-0.05, 0) is 24.6 Å². The minimum absolute atomic E-state index is 0.0981. The summed E-state index contributed by atoms with van der Waals surface area (Å²) in [6.45, 7) is 0.811. The molecular formula is C13H12N2O3S. The van der Waals surface area contributed by atoms with E-state index in [2.05, 4.69) is 4.98 Å². The second kappa shape index (κ2) is 4.62. The molecule has 0 radical (unpaired) electrons. The van der Waals surface area contributed by atoms with Gasteiger partial charge in [0.05, 0.1) is 21.6 Å². The second-order valence-electron chi connectivity index (χ2n) is 4.61. The number of hydrogen-bond donors (Lipinski definition) is 1. The van der Waals surface area contributed by atoms with Crippen molar-refractivity contribution >= 4 is 33.4 Å². The molecular weight excluding hydrogens is 264 g/mol. The molecule has 1 aliphatic heterocycles. The third-order valence-electron chi connectivity index (χ3n) is 3.40. The highest BCUT2D eigenvalue weighted by molar-refractivity contribution is 7.16. The van der Waals surface area contributed by atoms with Crippen molar-refractivity contribution in [2.24, 2.45) is 5.92 Å². The third kappa shape index (κ3) is 2.19. The summed E-state index contributed by atoms with van der Waals surface area (Å²) in [5.74, 6) is -1.36. The number of thiazole rings is 1. The molecule has 1 amide bonds. The number of rotatable bonds is 2. The predicted molar refractivity (Wildman–Crippen MR) is 71.3 cm³/mol. The van der Waals surface area contributed by atoms with Gasteiger partial charge in [0, 0.05) is 18.7 Å². The number of amides is 1. The number of carboxylic acid groups (broad SMARTS) is 1. The molecule has 0 bridgehead atoms. The van der Waals surface area contributed by atoms with Gasteiger partial charge in [0.1, 0.15) is 0 Å². The van der Waals surface area contributed by atoms with Crippen LogP contribution in [0.3, 0.4) is 0 Å². The fourth-order valence-corrected chi connectivity index (χ4v) is 3.03. The number of carbonyl (C=O) groups is 2. The number of likely N-dealkylation sites (tertiary alicyclic amines) is 1. The molecule has 1 aromatic heterocycles. The van der Waals surface area contributed by atoms with E-state index < -0.39 is 11.9 Å². The van der Waals surface area contributed by atoms with Crippen molar-refractivity contribution in [1.82, 2.24) is 9.88 Å².